The summed E-state index contributed by atoms with van der Waals surface area (Å²) in [7, 11) is 1.78. The zero-order valence-corrected chi connectivity index (χ0v) is 10.9. The van der Waals surface area contributed by atoms with Gasteiger partial charge in [-0.3, -0.25) is 4.98 Å². The minimum atomic E-state index is -0.0901. The van der Waals surface area contributed by atoms with E-state index < -0.39 is 0 Å². The molecule has 2 rings (SSSR count). The number of carbonyl (C=O) groups excluding carboxylic acids is 1. The van der Waals surface area contributed by atoms with E-state index in [1.54, 1.807) is 24.3 Å². The number of aromatic nitrogens is 1. The minimum Gasteiger partial charge on any atom is -0.334 e. The standard InChI is InChI=1S/C15H17N3O/c1-18(12-13-6-3-2-4-7-13)15(19)17-11-14-8-5-9-16-10-14/h2-10H,11-12H2,1H3,(H,17,19). The molecule has 2 amide bonds. The quantitative estimate of drug-likeness (QED) is 0.912. The molecule has 0 atom stereocenters. The van der Waals surface area contributed by atoms with E-state index in [1.165, 1.54) is 0 Å². The van der Waals surface area contributed by atoms with Gasteiger partial charge in [0.05, 0.1) is 0 Å². The Balaban J connectivity index is 1.83. The monoisotopic (exact) mass is 255 g/mol. The van der Waals surface area contributed by atoms with Crippen molar-refractivity contribution in [3.63, 3.8) is 0 Å². The Bertz CT molecular complexity index is 513. The average molecular weight is 255 g/mol. The maximum Gasteiger partial charge on any atom is 0.317 e. The third kappa shape index (κ3) is 4.10. The molecule has 1 heterocycles. The first kappa shape index (κ1) is 13.1. The molecule has 0 aliphatic rings. The van der Waals surface area contributed by atoms with Gasteiger partial charge in [0, 0.05) is 32.5 Å². The van der Waals surface area contributed by atoms with Crippen molar-refractivity contribution in [3.05, 3.63) is 66.0 Å². The van der Waals surface area contributed by atoms with Crippen molar-refractivity contribution < 1.29 is 4.79 Å². The van der Waals surface area contributed by atoms with Crippen molar-refractivity contribution in [1.82, 2.24) is 15.2 Å². The second-order valence-corrected chi connectivity index (χ2v) is 4.36. The minimum absolute atomic E-state index is 0.0901. The molecule has 4 nitrogen and oxygen atoms in total. The molecule has 4 heteroatoms. The van der Waals surface area contributed by atoms with Crippen LogP contribution in [0.5, 0.6) is 0 Å². The van der Waals surface area contributed by atoms with E-state index in [-0.39, 0.29) is 6.03 Å². The highest BCUT2D eigenvalue weighted by Gasteiger charge is 2.08. The van der Waals surface area contributed by atoms with Crippen molar-refractivity contribution in [3.8, 4) is 0 Å². The molecule has 0 spiro atoms. The first-order chi connectivity index (χ1) is 9.25. The smallest absolute Gasteiger partial charge is 0.317 e. The Morgan fingerprint density at radius 2 is 1.89 bits per heavy atom. The fraction of sp³-hybridized carbons (Fsp3) is 0.200. The van der Waals surface area contributed by atoms with Crippen LogP contribution in [0, 0.1) is 0 Å². The number of pyridine rings is 1. The molecule has 1 aromatic heterocycles. The van der Waals surface area contributed by atoms with E-state index in [1.807, 2.05) is 42.5 Å². The third-order valence-corrected chi connectivity index (χ3v) is 2.78. The number of hydrogen-bond acceptors (Lipinski definition) is 2. The van der Waals surface area contributed by atoms with Gasteiger partial charge in [0.2, 0.25) is 0 Å². The number of benzene rings is 1. The Morgan fingerprint density at radius 1 is 1.16 bits per heavy atom. The highest BCUT2D eigenvalue weighted by atomic mass is 16.2. The molecule has 19 heavy (non-hydrogen) atoms. The first-order valence-corrected chi connectivity index (χ1v) is 6.17. The van der Waals surface area contributed by atoms with Crippen LogP contribution >= 0.6 is 0 Å². The SMILES string of the molecule is CN(Cc1ccccc1)C(=O)NCc1cccnc1. The lowest BCUT2D eigenvalue weighted by Gasteiger charge is -2.18. The van der Waals surface area contributed by atoms with Crippen LogP contribution in [0.15, 0.2) is 54.9 Å². The van der Waals surface area contributed by atoms with Crippen LogP contribution in [0.25, 0.3) is 0 Å². The fourth-order valence-electron chi connectivity index (χ4n) is 1.74. The van der Waals surface area contributed by atoms with Crippen LogP contribution in [0.4, 0.5) is 4.79 Å². The lowest BCUT2D eigenvalue weighted by atomic mass is 10.2. The van der Waals surface area contributed by atoms with Gasteiger partial charge in [0.15, 0.2) is 0 Å². The molecule has 0 bridgehead atoms. The molecule has 0 radical (unpaired) electrons. The zero-order valence-electron chi connectivity index (χ0n) is 10.9. The van der Waals surface area contributed by atoms with Gasteiger partial charge in [-0.2, -0.15) is 0 Å². The van der Waals surface area contributed by atoms with Crippen LogP contribution in [-0.4, -0.2) is 23.0 Å². The Labute approximate surface area is 113 Å². The number of hydrogen-bond donors (Lipinski definition) is 1. The summed E-state index contributed by atoms with van der Waals surface area (Å²) in [5, 5.41) is 2.87. The lowest BCUT2D eigenvalue weighted by Crippen LogP contribution is -2.36. The summed E-state index contributed by atoms with van der Waals surface area (Å²) in [6, 6.07) is 13.6. The van der Waals surface area contributed by atoms with Crippen LogP contribution in [0.2, 0.25) is 0 Å². The molecule has 1 N–H and O–H groups in total. The van der Waals surface area contributed by atoms with Gasteiger partial charge in [-0.15, -0.1) is 0 Å². The van der Waals surface area contributed by atoms with Crippen molar-refractivity contribution in [2.75, 3.05) is 7.05 Å². The third-order valence-electron chi connectivity index (χ3n) is 2.78. The fourth-order valence-corrected chi connectivity index (χ4v) is 1.74. The van der Waals surface area contributed by atoms with Crippen LogP contribution in [-0.2, 0) is 13.1 Å². The summed E-state index contributed by atoms with van der Waals surface area (Å²) in [6.07, 6.45) is 3.46. The second-order valence-electron chi connectivity index (χ2n) is 4.36. The Kier molecular flexibility index (Phi) is 4.50. The molecule has 0 aliphatic carbocycles. The molecule has 2 aromatic rings. The van der Waals surface area contributed by atoms with E-state index in [2.05, 4.69) is 10.3 Å². The van der Waals surface area contributed by atoms with E-state index in [0.29, 0.717) is 13.1 Å². The van der Waals surface area contributed by atoms with Crippen molar-refractivity contribution >= 4 is 6.03 Å². The molecule has 0 unspecified atom stereocenters. The van der Waals surface area contributed by atoms with Gasteiger partial charge < -0.3 is 10.2 Å². The molecular formula is C15H17N3O. The van der Waals surface area contributed by atoms with Gasteiger partial charge in [-0.25, -0.2) is 4.79 Å². The van der Waals surface area contributed by atoms with Gasteiger partial charge >= 0.3 is 6.03 Å². The summed E-state index contributed by atoms with van der Waals surface area (Å²) in [5.41, 5.74) is 2.10. The number of amides is 2. The summed E-state index contributed by atoms with van der Waals surface area (Å²) < 4.78 is 0. The first-order valence-electron chi connectivity index (χ1n) is 6.17. The molecule has 0 aliphatic heterocycles. The van der Waals surface area contributed by atoms with Gasteiger partial charge in [0.25, 0.3) is 0 Å². The molecule has 0 saturated heterocycles. The lowest BCUT2D eigenvalue weighted by molar-refractivity contribution is 0.206. The van der Waals surface area contributed by atoms with E-state index in [4.69, 9.17) is 0 Å². The summed E-state index contributed by atoms with van der Waals surface area (Å²) in [5.74, 6) is 0. The summed E-state index contributed by atoms with van der Waals surface area (Å²) >= 11 is 0. The summed E-state index contributed by atoms with van der Waals surface area (Å²) in [4.78, 5) is 17.6. The molecule has 98 valence electrons. The Hall–Kier alpha value is -2.36. The maximum atomic E-state index is 11.9. The molecule has 1 aromatic carbocycles. The number of urea groups is 1. The van der Waals surface area contributed by atoms with Gasteiger partial charge in [-0.1, -0.05) is 36.4 Å². The molecule has 0 fully saturated rings. The number of rotatable bonds is 4. The molecular weight excluding hydrogens is 238 g/mol. The van der Waals surface area contributed by atoms with Crippen LogP contribution in [0.3, 0.4) is 0 Å². The van der Waals surface area contributed by atoms with Crippen molar-refractivity contribution in [2.45, 2.75) is 13.1 Å². The maximum absolute atomic E-state index is 11.9. The zero-order chi connectivity index (χ0) is 13.5. The number of nitrogens with zero attached hydrogens (tertiary/aromatic N) is 2. The number of nitrogens with one attached hydrogen (secondary N) is 1. The van der Waals surface area contributed by atoms with Crippen molar-refractivity contribution in [1.29, 1.82) is 0 Å². The van der Waals surface area contributed by atoms with E-state index in [9.17, 15) is 4.79 Å². The summed E-state index contributed by atoms with van der Waals surface area (Å²) in [6.45, 7) is 1.09. The number of carbonyl (C=O) groups is 1. The predicted octanol–water partition coefficient (Wildman–Crippen LogP) is 2.42. The predicted molar refractivity (Wildman–Crippen MR) is 74.4 cm³/mol. The molecule has 0 saturated carbocycles. The topological polar surface area (TPSA) is 45.2 Å². The van der Waals surface area contributed by atoms with Crippen LogP contribution < -0.4 is 5.32 Å². The largest absolute Gasteiger partial charge is 0.334 e. The van der Waals surface area contributed by atoms with Crippen LogP contribution in [0.1, 0.15) is 11.1 Å². The Morgan fingerprint density at radius 3 is 2.58 bits per heavy atom. The average Bonchev–Trinajstić information content (AvgIpc) is 2.47. The normalized spacial score (nSPS) is 9.95. The highest BCUT2D eigenvalue weighted by Crippen LogP contribution is 2.03. The van der Waals surface area contributed by atoms with E-state index in [0.717, 1.165) is 11.1 Å². The van der Waals surface area contributed by atoms with Crippen molar-refractivity contribution in [2.24, 2.45) is 0 Å². The van der Waals surface area contributed by atoms with E-state index >= 15 is 0 Å². The second kappa shape index (κ2) is 6.54. The van der Waals surface area contributed by atoms with Gasteiger partial charge in [-0.05, 0) is 17.2 Å². The van der Waals surface area contributed by atoms with Gasteiger partial charge in [0.1, 0.15) is 0 Å². The highest BCUT2D eigenvalue weighted by molar-refractivity contribution is 5.73.